The Bertz CT molecular complexity index is 714. The third-order valence-corrected chi connectivity index (χ3v) is 5.11. The quantitative estimate of drug-likeness (QED) is 0.790. The van der Waals surface area contributed by atoms with Crippen LogP contribution in [-0.2, 0) is 0 Å². The van der Waals surface area contributed by atoms with Crippen LogP contribution in [0, 0.1) is 6.92 Å². The Balaban J connectivity index is 0.00000261. The first-order valence-electron chi connectivity index (χ1n) is 9.53. The van der Waals surface area contributed by atoms with Crippen LogP contribution in [0.15, 0.2) is 42.5 Å². The normalized spacial score (nSPS) is 14.9. The van der Waals surface area contributed by atoms with Crippen LogP contribution in [0.5, 0.6) is 11.5 Å². The molecule has 0 aliphatic carbocycles. The Labute approximate surface area is 169 Å². The summed E-state index contributed by atoms with van der Waals surface area (Å²) in [5, 5.41) is 9.95. The van der Waals surface area contributed by atoms with E-state index in [0.29, 0.717) is 18.3 Å². The molecule has 5 heteroatoms. The lowest BCUT2D eigenvalue weighted by Gasteiger charge is -2.36. The fourth-order valence-electron chi connectivity index (χ4n) is 3.42. The van der Waals surface area contributed by atoms with Crippen molar-refractivity contribution in [3.63, 3.8) is 0 Å². The number of phenolic OH excluding ortho intramolecular Hbond substituents is 1. The Morgan fingerprint density at radius 1 is 1.04 bits per heavy atom. The SMILES string of the molecule is Cc1cc(OCCN2CCN(c3ccccc3)CC2)c(C(C)C)cc1O.Cl. The van der Waals surface area contributed by atoms with Gasteiger partial charge < -0.3 is 14.7 Å². The van der Waals surface area contributed by atoms with Gasteiger partial charge in [-0.15, -0.1) is 12.4 Å². The Hall–Kier alpha value is -1.91. The highest BCUT2D eigenvalue weighted by Gasteiger charge is 2.17. The van der Waals surface area contributed by atoms with Crippen LogP contribution in [0.4, 0.5) is 5.69 Å². The van der Waals surface area contributed by atoms with E-state index in [9.17, 15) is 5.11 Å². The minimum absolute atomic E-state index is 0. The monoisotopic (exact) mass is 390 g/mol. The van der Waals surface area contributed by atoms with Crippen LogP contribution in [0.2, 0.25) is 0 Å². The number of hydrogen-bond acceptors (Lipinski definition) is 4. The molecule has 1 fully saturated rings. The maximum atomic E-state index is 9.95. The van der Waals surface area contributed by atoms with Crippen molar-refractivity contribution in [3.8, 4) is 11.5 Å². The molecule has 4 nitrogen and oxygen atoms in total. The van der Waals surface area contributed by atoms with E-state index in [1.807, 2.05) is 19.1 Å². The van der Waals surface area contributed by atoms with Crippen molar-refractivity contribution in [3.05, 3.63) is 53.6 Å². The lowest BCUT2D eigenvalue weighted by molar-refractivity contribution is 0.199. The third-order valence-electron chi connectivity index (χ3n) is 5.11. The molecule has 1 aliphatic rings. The van der Waals surface area contributed by atoms with Crippen molar-refractivity contribution in [2.24, 2.45) is 0 Å². The van der Waals surface area contributed by atoms with Crippen molar-refractivity contribution in [2.75, 3.05) is 44.2 Å². The topological polar surface area (TPSA) is 35.9 Å². The Morgan fingerprint density at radius 2 is 1.70 bits per heavy atom. The molecule has 2 aromatic rings. The summed E-state index contributed by atoms with van der Waals surface area (Å²) in [6.45, 7) is 12.0. The van der Waals surface area contributed by atoms with Gasteiger partial charge in [-0.1, -0.05) is 32.0 Å². The number of halogens is 1. The van der Waals surface area contributed by atoms with Crippen LogP contribution in [-0.4, -0.2) is 49.3 Å². The molecule has 0 spiro atoms. The number of ether oxygens (including phenoxy) is 1. The van der Waals surface area contributed by atoms with Crippen molar-refractivity contribution >= 4 is 18.1 Å². The molecule has 0 bridgehead atoms. The lowest BCUT2D eigenvalue weighted by atomic mass is 10.00. The van der Waals surface area contributed by atoms with E-state index < -0.39 is 0 Å². The van der Waals surface area contributed by atoms with Gasteiger partial charge in [0.25, 0.3) is 0 Å². The number of para-hydroxylation sites is 1. The second kappa shape index (κ2) is 9.86. The molecular formula is C22H31ClN2O2. The molecule has 1 N–H and O–H groups in total. The number of nitrogens with zero attached hydrogens (tertiary/aromatic N) is 2. The maximum absolute atomic E-state index is 9.95. The number of aryl methyl sites for hydroxylation is 1. The van der Waals surface area contributed by atoms with Crippen LogP contribution in [0.3, 0.4) is 0 Å². The van der Waals surface area contributed by atoms with E-state index in [1.54, 1.807) is 0 Å². The third kappa shape index (κ3) is 5.53. The van der Waals surface area contributed by atoms with E-state index in [4.69, 9.17) is 4.74 Å². The predicted molar refractivity (Wildman–Crippen MR) is 115 cm³/mol. The molecule has 0 unspecified atom stereocenters. The lowest BCUT2D eigenvalue weighted by Crippen LogP contribution is -2.47. The average molecular weight is 391 g/mol. The fourth-order valence-corrected chi connectivity index (χ4v) is 3.42. The smallest absolute Gasteiger partial charge is 0.123 e. The Kier molecular flexibility index (Phi) is 7.81. The van der Waals surface area contributed by atoms with Crippen LogP contribution < -0.4 is 9.64 Å². The molecule has 2 aromatic carbocycles. The highest BCUT2D eigenvalue weighted by Crippen LogP contribution is 2.32. The van der Waals surface area contributed by atoms with Gasteiger partial charge >= 0.3 is 0 Å². The molecule has 0 aromatic heterocycles. The molecular weight excluding hydrogens is 360 g/mol. The zero-order valence-electron chi connectivity index (χ0n) is 16.5. The number of hydrogen-bond donors (Lipinski definition) is 1. The number of piperazine rings is 1. The van der Waals surface area contributed by atoms with Gasteiger partial charge in [0, 0.05) is 44.0 Å². The molecule has 0 saturated carbocycles. The van der Waals surface area contributed by atoms with Gasteiger partial charge in [0.1, 0.15) is 18.1 Å². The van der Waals surface area contributed by atoms with Crippen molar-refractivity contribution < 1.29 is 9.84 Å². The summed E-state index contributed by atoms with van der Waals surface area (Å²) in [6.07, 6.45) is 0. The molecule has 0 radical (unpaired) electrons. The number of anilines is 1. The van der Waals surface area contributed by atoms with Gasteiger partial charge in [0.05, 0.1) is 0 Å². The van der Waals surface area contributed by atoms with Crippen LogP contribution in [0.1, 0.15) is 30.9 Å². The van der Waals surface area contributed by atoms with Crippen molar-refractivity contribution in [2.45, 2.75) is 26.7 Å². The van der Waals surface area contributed by atoms with E-state index in [0.717, 1.165) is 49.6 Å². The van der Waals surface area contributed by atoms with Gasteiger partial charge in [-0.2, -0.15) is 0 Å². The fraction of sp³-hybridized carbons (Fsp3) is 0.455. The first-order chi connectivity index (χ1) is 12.5. The number of benzene rings is 2. The molecule has 1 aliphatic heterocycles. The molecule has 3 rings (SSSR count). The summed E-state index contributed by atoms with van der Waals surface area (Å²) >= 11 is 0. The van der Waals surface area contributed by atoms with Crippen molar-refractivity contribution in [1.29, 1.82) is 0 Å². The highest BCUT2D eigenvalue weighted by molar-refractivity contribution is 5.85. The van der Waals surface area contributed by atoms with Gasteiger partial charge in [-0.25, -0.2) is 0 Å². The molecule has 0 amide bonds. The molecule has 1 saturated heterocycles. The largest absolute Gasteiger partial charge is 0.508 e. The average Bonchev–Trinajstić information content (AvgIpc) is 2.65. The van der Waals surface area contributed by atoms with Gasteiger partial charge in [0.2, 0.25) is 0 Å². The summed E-state index contributed by atoms with van der Waals surface area (Å²) in [4.78, 5) is 4.90. The van der Waals surface area contributed by atoms with Gasteiger partial charge in [-0.3, -0.25) is 4.90 Å². The summed E-state index contributed by atoms with van der Waals surface area (Å²) in [5.41, 5.74) is 3.24. The molecule has 0 atom stereocenters. The predicted octanol–water partition coefficient (Wildman–Crippen LogP) is 4.45. The second-order valence-corrected chi connectivity index (χ2v) is 7.34. The summed E-state index contributed by atoms with van der Waals surface area (Å²) in [6, 6.07) is 14.4. The zero-order chi connectivity index (χ0) is 18.5. The minimum atomic E-state index is 0. The first kappa shape index (κ1) is 21.4. The molecule has 1 heterocycles. The Morgan fingerprint density at radius 3 is 2.33 bits per heavy atom. The van der Waals surface area contributed by atoms with Crippen LogP contribution >= 0.6 is 12.4 Å². The molecule has 27 heavy (non-hydrogen) atoms. The first-order valence-corrected chi connectivity index (χ1v) is 9.53. The molecule has 148 valence electrons. The second-order valence-electron chi connectivity index (χ2n) is 7.34. The van der Waals surface area contributed by atoms with Crippen LogP contribution in [0.25, 0.3) is 0 Å². The summed E-state index contributed by atoms with van der Waals surface area (Å²) in [5.74, 6) is 1.57. The van der Waals surface area contributed by atoms with E-state index in [1.165, 1.54) is 5.69 Å². The zero-order valence-corrected chi connectivity index (χ0v) is 17.3. The van der Waals surface area contributed by atoms with E-state index >= 15 is 0 Å². The highest BCUT2D eigenvalue weighted by atomic mass is 35.5. The standard InChI is InChI=1S/C22H30N2O2.ClH/c1-17(2)20-16-21(25)18(3)15-22(20)26-14-13-23-9-11-24(12-10-23)19-7-5-4-6-8-19;/h4-8,15-17,25H,9-14H2,1-3H3;1H. The summed E-state index contributed by atoms with van der Waals surface area (Å²) in [7, 11) is 0. The number of aromatic hydroxyl groups is 1. The maximum Gasteiger partial charge on any atom is 0.123 e. The van der Waals surface area contributed by atoms with Gasteiger partial charge in [-0.05, 0) is 42.7 Å². The van der Waals surface area contributed by atoms with Gasteiger partial charge in [0.15, 0.2) is 0 Å². The van der Waals surface area contributed by atoms with Crippen molar-refractivity contribution in [1.82, 2.24) is 4.90 Å². The summed E-state index contributed by atoms with van der Waals surface area (Å²) < 4.78 is 6.08. The van der Waals surface area contributed by atoms with E-state index in [-0.39, 0.29) is 12.4 Å². The van der Waals surface area contributed by atoms with E-state index in [2.05, 4.69) is 54.0 Å². The number of phenols is 1. The minimum Gasteiger partial charge on any atom is -0.508 e. The number of rotatable bonds is 6.